The predicted octanol–water partition coefficient (Wildman–Crippen LogP) is 2.24. The Hall–Kier alpha value is -2.75. The van der Waals surface area contributed by atoms with E-state index >= 15 is 4.39 Å². The van der Waals surface area contributed by atoms with Crippen LogP contribution in [-0.4, -0.2) is 110 Å². The van der Waals surface area contributed by atoms with E-state index in [-0.39, 0.29) is 36.5 Å². The molecule has 1 aliphatic carbocycles. The lowest BCUT2D eigenvalue weighted by Gasteiger charge is -2.57. The van der Waals surface area contributed by atoms with Gasteiger partial charge in [-0.25, -0.2) is 4.39 Å². The van der Waals surface area contributed by atoms with Crippen LogP contribution in [0.25, 0.3) is 0 Å². The van der Waals surface area contributed by atoms with Crippen LogP contribution in [0, 0.1) is 17.2 Å². The Balaban J connectivity index is 1.24. The lowest BCUT2D eigenvalue weighted by atomic mass is 9.71. The van der Waals surface area contributed by atoms with Crippen LogP contribution in [0.2, 0.25) is 0 Å². The van der Waals surface area contributed by atoms with Crippen LogP contribution in [0.5, 0.6) is 5.75 Å². The second-order valence-electron chi connectivity index (χ2n) is 12.6. The highest BCUT2D eigenvalue weighted by atomic mass is 19.1. The number of nitrogens with zero attached hydrogens (tertiary/aromatic N) is 5. The van der Waals surface area contributed by atoms with E-state index in [1.807, 2.05) is 31.3 Å². The zero-order valence-corrected chi connectivity index (χ0v) is 24.8. The van der Waals surface area contributed by atoms with Gasteiger partial charge in [-0.1, -0.05) is 18.7 Å². The first-order valence-electron chi connectivity index (χ1n) is 15.4. The molecule has 10 nitrogen and oxygen atoms in total. The van der Waals surface area contributed by atoms with Gasteiger partial charge in [0.25, 0.3) is 0 Å². The summed E-state index contributed by atoms with van der Waals surface area (Å²) in [6, 6.07) is 10.0. The van der Waals surface area contributed by atoms with Gasteiger partial charge in [0.15, 0.2) is 12.0 Å². The molecule has 7 unspecified atom stereocenters. The van der Waals surface area contributed by atoms with Crippen molar-refractivity contribution < 1.29 is 18.7 Å². The number of alkyl halides is 1. The second kappa shape index (κ2) is 12.1. The van der Waals surface area contributed by atoms with E-state index in [1.165, 1.54) is 12.5 Å². The number of para-hydroxylation sites is 2. The third-order valence-corrected chi connectivity index (χ3v) is 10.2. The minimum absolute atomic E-state index is 0.0459. The lowest BCUT2D eigenvalue weighted by Crippen LogP contribution is -2.74. The normalized spacial score (nSPS) is 37.0. The van der Waals surface area contributed by atoms with Gasteiger partial charge < -0.3 is 24.2 Å². The van der Waals surface area contributed by atoms with Gasteiger partial charge in [0.1, 0.15) is 5.75 Å². The smallest absolute Gasteiger partial charge is 0.246 e. The van der Waals surface area contributed by atoms with E-state index in [9.17, 15) is 10.1 Å². The van der Waals surface area contributed by atoms with Crippen molar-refractivity contribution in [2.45, 2.75) is 81.1 Å². The molecule has 1 amide bonds. The van der Waals surface area contributed by atoms with E-state index in [2.05, 4.69) is 40.1 Å². The van der Waals surface area contributed by atoms with Crippen molar-refractivity contribution in [1.82, 2.24) is 25.3 Å². The first kappa shape index (κ1) is 29.3. The highest BCUT2D eigenvalue weighted by Crippen LogP contribution is 2.48. The third-order valence-electron chi connectivity index (χ3n) is 10.2. The number of fused-ring (bicyclic) bond motifs is 2. The number of halogens is 1. The van der Waals surface area contributed by atoms with Crippen LogP contribution in [-0.2, 0) is 9.53 Å². The molecule has 1 aromatic carbocycles. The summed E-state index contributed by atoms with van der Waals surface area (Å²) in [5.74, 6) is 0.755. The van der Waals surface area contributed by atoms with Gasteiger partial charge in [0.05, 0.1) is 37.0 Å². The highest BCUT2D eigenvalue weighted by Gasteiger charge is 2.56. The summed E-state index contributed by atoms with van der Waals surface area (Å²) >= 11 is 0. The summed E-state index contributed by atoms with van der Waals surface area (Å²) in [6.07, 6.45) is 4.00. The van der Waals surface area contributed by atoms with Crippen LogP contribution < -0.4 is 20.3 Å². The fourth-order valence-corrected chi connectivity index (χ4v) is 7.90. The maximum Gasteiger partial charge on any atom is 0.246 e. The number of amides is 1. The molecule has 0 radical (unpaired) electrons. The minimum Gasteiger partial charge on any atom is -0.480 e. The summed E-state index contributed by atoms with van der Waals surface area (Å²) in [5, 5.41) is 17.0. The third kappa shape index (κ3) is 5.40. The molecule has 2 N–H and O–H groups in total. The summed E-state index contributed by atoms with van der Waals surface area (Å²) in [7, 11) is 3.95. The molecular formula is C31H44FN7O3. The zero-order chi connectivity index (χ0) is 29.4. The Bertz CT molecular complexity index is 1200. The number of rotatable bonds is 6. The number of hydrogen-bond donors (Lipinski definition) is 2. The minimum atomic E-state index is -1.27. The van der Waals surface area contributed by atoms with Crippen molar-refractivity contribution in [2.75, 3.05) is 51.8 Å². The number of piperazine rings is 1. The number of nitrogens with one attached hydrogen (secondary N) is 2. The van der Waals surface area contributed by atoms with Gasteiger partial charge in [0, 0.05) is 51.1 Å². The number of anilines is 1. The topological polar surface area (TPSA) is 96.3 Å². The van der Waals surface area contributed by atoms with Gasteiger partial charge >= 0.3 is 0 Å². The molecule has 42 heavy (non-hydrogen) atoms. The highest BCUT2D eigenvalue weighted by molar-refractivity contribution is 5.87. The van der Waals surface area contributed by atoms with E-state index in [0.29, 0.717) is 45.1 Å². The van der Waals surface area contributed by atoms with Crippen molar-refractivity contribution in [3.8, 4) is 11.8 Å². The molecule has 4 heterocycles. The molecule has 1 saturated carbocycles. The maximum atomic E-state index is 16.2. The average molecular weight is 582 g/mol. The molecule has 5 aliphatic rings. The number of likely N-dealkylation sites (N-methyl/N-ethyl adjacent to an activating group) is 2. The number of likely N-dealkylation sites (tertiary alicyclic amines) is 1. The van der Waals surface area contributed by atoms with Crippen molar-refractivity contribution in [1.29, 1.82) is 5.26 Å². The average Bonchev–Trinajstić information content (AvgIpc) is 3.42. The van der Waals surface area contributed by atoms with Crippen LogP contribution in [0.1, 0.15) is 38.5 Å². The molecule has 3 saturated heterocycles. The quantitative estimate of drug-likeness (QED) is 0.387. The summed E-state index contributed by atoms with van der Waals surface area (Å²) in [4.78, 5) is 20.7. The van der Waals surface area contributed by atoms with Gasteiger partial charge in [0.2, 0.25) is 12.2 Å². The molecule has 8 atom stereocenters. The monoisotopic (exact) mass is 581 g/mol. The summed E-state index contributed by atoms with van der Waals surface area (Å²) < 4.78 is 29.2. The number of benzene rings is 1. The fourth-order valence-electron chi connectivity index (χ4n) is 7.90. The maximum absolute atomic E-state index is 16.2. The van der Waals surface area contributed by atoms with Crippen LogP contribution >= 0.6 is 0 Å². The second-order valence-corrected chi connectivity index (χ2v) is 12.6. The van der Waals surface area contributed by atoms with Crippen molar-refractivity contribution >= 4 is 11.6 Å². The van der Waals surface area contributed by atoms with Crippen molar-refractivity contribution in [2.24, 2.45) is 5.92 Å². The Morgan fingerprint density at radius 1 is 1.24 bits per heavy atom. The molecule has 1 aromatic rings. The number of nitriles is 1. The molecule has 11 heteroatoms. The van der Waals surface area contributed by atoms with Crippen LogP contribution in [0.15, 0.2) is 36.9 Å². The van der Waals surface area contributed by atoms with Gasteiger partial charge in [-0.2, -0.15) is 5.26 Å². The molecule has 228 valence electrons. The Labute approximate surface area is 248 Å². The molecule has 6 rings (SSSR count). The van der Waals surface area contributed by atoms with E-state index in [1.54, 1.807) is 9.80 Å². The van der Waals surface area contributed by atoms with E-state index in [0.717, 1.165) is 30.8 Å². The molecule has 0 bridgehead atoms. The molecular weight excluding hydrogens is 537 g/mol. The largest absolute Gasteiger partial charge is 0.480 e. The van der Waals surface area contributed by atoms with Crippen LogP contribution in [0.4, 0.5) is 10.1 Å². The first-order chi connectivity index (χ1) is 20.3. The lowest BCUT2D eigenvalue weighted by molar-refractivity contribution is -0.144. The Kier molecular flexibility index (Phi) is 8.44. The molecule has 0 aromatic heterocycles. The summed E-state index contributed by atoms with van der Waals surface area (Å²) in [6.45, 7) is 7.11. The van der Waals surface area contributed by atoms with E-state index < -0.39 is 18.2 Å². The number of hydrogen-bond acceptors (Lipinski definition) is 9. The number of carbonyl (C=O) groups is 1. The predicted molar refractivity (Wildman–Crippen MR) is 157 cm³/mol. The first-order valence-corrected chi connectivity index (χ1v) is 15.4. The van der Waals surface area contributed by atoms with Crippen LogP contribution in [0.3, 0.4) is 0 Å². The summed E-state index contributed by atoms with van der Waals surface area (Å²) in [5.41, 5.74) is -0.195. The SMILES string of the molecule is C=CC(=O)N1CCN(C2NC(OCC3CCCN3C)NC3C[C@]4(CCC32)Oc2ccccc2N(C)C4F)CC1CC#N. The number of ether oxygens (including phenoxy) is 2. The Morgan fingerprint density at radius 2 is 2.07 bits per heavy atom. The molecule has 1 spiro atoms. The van der Waals surface area contributed by atoms with Crippen molar-refractivity contribution in [3.05, 3.63) is 36.9 Å². The Morgan fingerprint density at radius 3 is 2.83 bits per heavy atom. The van der Waals surface area contributed by atoms with Gasteiger partial charge in [-0.15, -0.1) is 0 Å². The van der Waals surface area contributed by atoms with Gasteiger partial charge in [-0.05, 0) is 57.5 Å². The van der Waals surface area contributed by atoms with Gasteiger partial charge in [-0.3, -0.25) is 20.3 Å². The molecule has 4 aliphatic heterocycles. The van der Waals surface area contributed by atoms with E-state index in [4.69, 9.17) is 9.47 Å². The zero-order valence-electron chi connectivity index (χ0n) is 24.8. The van der Waals surface area contributed by atoms with Crippen molar-refractivity contribution in [3.63, 3.8) is 0 Å². The fraction of sp³-hybridized carbons (Fsp3) is 0.677. The number of carbonyl (C=O) groups excluding carboxylic acids is 1. The standard InChI is InChI=1S/C31H44FN7O3/c1-4-27(40)39-17-16-38(19-21(39)12-14-33)28-23-11-13-31(29(32)37(3)25-9-5-6-10-26(25)42-31)18-24(23)34-30(35-28)41-20-22-8-7-15-36(22)2/h4-6,9-10,21-24,28-30,34-35H,1,7-8,11-13,15-20H2,2-3H3/t21?,22?,23?,24?,28?,29?,30?,31-/m0/s1. The molecule has 4 fully saturated rings.